The molecule has 0 radical (unpaired) electrons. The third-order valence-corrected chi connectivity index (χ3v) is 10.5. The summed E-state index contributed by atoms with van der Waals surface area (Å²) in [6.45, 7) is 10.4. The number of hydrogen-bond donors (Lipinski definition) is 0. The number of alkyl halides is 3. The zero-order valence-corrected chi connectivity index (χ0v) is 20.6. The Labute approximate surface area is 189 Å². The van der Waals surface area contributed by atoms with Gasteiger partial charge in [-0.05, 0) is 43.0 Å². The molecule has 4 nitrogen and oxygen atoms in total. The average molecular weight is 470 g/mol. The van der Waals surface area contributed by atoms with Crippen LogP contribution in [0.15, 0.2) is 41.0 Å². The molecule has 0 bridgehead atoms. The third kappa shape index (κ3) is 7.58. The fraction of sp³-hybridized carbons (Fsp3) is 0.583. The molecule has 2 aromatic rings. The number of halogens is 3. The molecule has 1 unspecified atom stereocenters. The fourth-order valence-electron chi connectivity index (χ4n) is 3.11. The minimum Gasteiger partial charge on any atom is -0.445 e. The van der Waals surface area contributed by atoms with Gasteiger partial charge in [-0.2, -0.15) is 13.2 Å². The van der Waals surface area contributed by atoms with Crippen LogP contribution in [0.5, 0.6) is 0 Å². The van der Waals surface area contributed by atoms with E-state index >= 15 is 0 Å². The highest BCUT2D eigenvalue weighted by atomic mass is 28.4. The van der Waals surface area contributed by atoms with Crippen molar-refractivity contribution < 1.29 is 26.8 Å². The molecule has 1 aromatic carbocycles. The zero-order valence-electron chi connectivity index (χ0n) is 19.6. The number of Topliss-reactive ketones (excluding diaryl/α,β-unsaturated/α-hetero) is 1. The summed E-state index contributed by atoms with van der Waals surface area (Å²) >= 11 is 0. The normalized spacial score (nSPS) is 13.9. The lowest BCUT2D eigenvalue weighted by atomic mass is 10.0. The first-order valence-corrected chi connectivity index (χ1v) is 14.0. The molecule has 0 aliphatic rings. The van der Waals surface area contributed by atoms with E-state index in [2.05, 4.69) is 51.0 Å². The van der Waals surface area contributed by atoms with Crippen LogP contribution in [0.2, 0.25) is 18.1 Å². The highest BCUT2D eigenvalue weighted by molar-refractivity contribution is 6.74. The predicted octanol–water partition coefficient (Wildman–Crippen LogP) is 7.68. The predicted molar refractivity (Wildman–Crippen MR) is 121 cm³/mol. The van der Waals surface area contributed by atoms with Crippen LogP contribution >= 0.6 is 0 Å². The summed E-state index contributed by atoms with van der Waals surface area (Å²) in [5.41, 5.74) is 0.590. The SMILES string of the molecule is CC(C)(C)[Si](C)(C)OC(CCCCCCc1ccccc1)c1nc(C(=O)C(F)(F)F)co1. The summed E-state index contributed by atoms with van der Waals surface area (Å²) in [6.07, 6.45) is 0.755. The van der Waals surface area contributed by atoms with Gasteiger partial charge in [0.15, 0.2) is 14.0 Å². The summed E-state index contributed by atoms with van der Waals surface area (Å²) in [4.78, 5) is 15.4. The molecule has 0 aliphatic carbocycles. The van der Waals surface area contributed by atoms with Crippen molar-refractivity contribution in [2.24, 2.45) is 0 Å². The summed E-state index contributed by atoms with van der Waals surface area (Å²) in [6, 6.07) is 10.3. The van der Waals surface area contributed by atoms with Crippen molar-refractivity contribution in [1.82, 2.24) is 4.98 Å². The number of ketones is 1. The Morgan fingerprint density at radius 1 is 1.06 bits per heavy atom. The van der Waals surface area contributed by atoms with E-state index in [9.17, 15) is 18.0 Å². The Balaban J connectivity index is 2.00. The number of aryl methyl sites for hydroxylation is 1. The van der Waals surface area contributed by atoms with Crippen molar-refractivity contribution in [2.75, 3.05) is 0 Å². The molecule has 1 atom stereocenters. The van der Waals surface area contributed by atoms with E-state index < -0.39 is 32.1 Å². The standard InChI is InChI=1S/C24H34F3NO3Si/c1-23(2,3)32(4,5)31-20(22-28-19(17-30-22)21(29)24(25,26)27)16-12-7-6-9-13-18-14-10-8-11-15-18/h8,10-11,14-15,17,20H,6-7,9,12-13,16H2,1-5H3. The Hall–Kier alpha value is -1.93. The monoisotopic (exact) mass is 469 g/mol. The highest BCUT2D eigenvalue weighted by Crippen LogP contribution is 2.41. The summed E-state index contributed by atoms with van der Waals surface area (Å²) in [5, 5.41) is -0.0852. The molecule has 2 rings (SSSR count). The van der Waals surface area contributed by atoms with Crippen LogP contribution in [-0.4, -0.2) is 25.3 Å². The molecule has 0 spiro atoms. The molecular formula is C24H34F3NO3Si. The number of aromatic nitrogens is 1. The number of oxazole rings is 1. The van der Waals surface area contributed by atoms with Gasteiger partial charge in [0.1, 0.15) is 12.4 Å². The molecule has 0 fully saturated rings. The number of rotatable bonds is 11. The smallest absolute Gasteiger partial charge is 0.445 e. The number of nitrogens with zero attached hydrogens (tertiary/aromatic N) is 1. The lowest BCUT2D eigenvalue weighted by Gasteiger charge is -2.38. The van der Waals surface area contributed by atoms with Crippen LogP contribution < -0.4 is 0 Å². The maximum Gasteiger partial charge on any atom is 0.456 e. The minimum atomic E-state index is -4.98. The van der Waals surface area contributed by atoms with E-state index in [1.165, 1.54) is 5.56 Å². The second-order valence-electron chi connectivity index (χ2n) is 9.70. The van der Waals surface area contributed by atoms with Crippen LogP contribution in [0.1, 0.15) is 80.9 Å². The Bertz CT molecular complexity index is 857. The van der Waals surface area contributed by atoms with Gasteiger partial charge in [-0.3, -0.25) is 4.79 Å². The fourth-order valence-corrected chi connectivity index (χ4v) is 4.39. The number of hydrogen-bond acceptors (Lipinski definition) is 4. The van der Waals surface area contributed by atoms with E-state index in [4.69, 9.17) is 8.84 Å². The van der Waals surface area contributed by atoms with Crippen LogP contribution in [-0.2, 0) is 10.8 Å². The molecule has 1 aromatic heterocycles. The van der Waals surface area contributed by atoms with Gasteiger partial charge in [0.25, 0.3) is 5.78 Å². The summed E-state index contributed by atoms with van der Waals surface area (Å²) < 4.78 is 50.0. The van der Waals surface area contributed by atoms with Gasteiger partial charge in [0.05, 0.1) is 0 Å². The van der Waals surface area contributed by atoms with Crippen molar-refractivity contribution in [1.29, 1.82) is 0 Å². The quantitative estimate of drug-likeness (QED) is 0.192. The van der Waals surface area contributed by atoms with Crippen LogP contribution in [0.4, 0.5) is 13.2 Å². The molecular weight excluding hydrogens is 435 g/mol. The molecule has 32 heavy (non-hydrogen) atoms. The molecule has 0 amide bonds. The van der Waals surface area contributed by atoms with E-state index in [1.807, 2.05) is 18.2 Å². The van der Waals surface area contributed by atoms with Crippen molar-refractivity contribution >= 4 is 14.1 Å². The average Bonchev–Trinajstić information content (AvgIpc) is 3.18. The number of benzene rings is 1. The van der Waals surface area contributed by atoms with Crippen molar-refractivity contribution in [3.63, 3.8) is 0 Å². The molecule has 178 valence electrons. The second-order valence-corrected chi connectivity index (χ2v) is 14.5. The lowest BCUT2D eigenvalue weighted by molar-refractivity contribution is -0.0888. The first-order chi connectivity index (χ1) is 14.8. The zero-order chi connectivity index (χ0) is 24.0. The van der Waals surface area contributed by atoms with Gasteiger partial charge < -0.3 is 8.84 Å². The topological polar surface area (TPSA) is 52.3 Å². The van der Waals surface area contributed by atoms with Gasteiger partial charge in [-0.15, -0.1) is 0 Å². The van der Waals surface area contributed by atoms with E-state index in [0.717, 1.165) is 38.4 Å². The summed E-state index contributed by atoms with van der Waals surface area (Å²) in [5.74, 6) is -1.95. The maximum absolute atomic E-state index is 12.8. The van der Waals surface area contributed by atoms with Crippen LogP contribution in [0.3, 0.4) is 0 Å². The second kappa shape index (κ2) is 10.8. The largest absolute Gasteiger partial charge is 0.456 e. The van der Waals surface area contributed by atoms with Gasteiger partial charge in [-0.1, -0.05) is 70.4 Å². The van der Waals surface area contributed by atoms with Gasteiger partial charge in [0.2, 0.25) is 5.89 Å². The van der Waals surface area contributed by atoms with Crippen molar-refractivity contribution in [3.05, 3.63) is 53.7 Å². The van der Waals surface area contributed by atoms with Gasteiger partial charge in [-0.25, -0.2) is 4.98 Å². The van der Waals surface area contributed by atoms with Crippen LogP contribution in [0.25, 0.3) is 0 Å². The lowest BCUT2D eigenvalue weighted by Crippen LogP contribution is -2.42. The highest BCUT2D eigenvalue weighted by Gasteiger charge is 2.43. The first-order valence-electron chi connectivity index (χ1n) is 11.1. The number of carbonyl (C=O) groups is 1. The van der Waals surface area contributed by atoms with E-state index in [-0.39, 0.29) is 10.9 Å². The van der Waals surface area contributed by atoms with Crippen molar-refractivity contribution in [2.45, 2.75) is 89.7 Å². The molecule has 0 N–H and O–H groups in total. The first kappa shape index (κ1) is 26.3. The third-order valence-electron chi connectivity index (χ3n) is 6.06. The molecule has 8 heteroatoms. The minimum absolute atomic E-state index is 0.0479. The van der Waals surface area contributed by atoms with E-state index in [1.54, 1.807) is 0 Å². The Kier molecular flexibility index (Phi) is 8.87. The molecule has 1 heterocycles. The number of carbonyl (C=O) groups excluding carboxylic acids is 1. The van der Waals surface area contributed by atoms with Crippen LogP contribution in [0, 0.1) is 0 Å². The molecule has 0 aliphatic heterocycles. The summed E-state index contributed by atoms with van der Waals surface area (Å²) in [7, 11) is -2.23. The molecule has 0 saturated carbocycles. The van der Waals surface area contributed by atoms with Gasteiger partial charge in [0, 0.05) is 0 Å². The molecule has 0 saturated heterocycles. The number of unbranched alkanes of at least 4 members (excludes halogenated alkanes) is 3. The van der Waals surface area contributed by atoms with Gasteiger partial charge >= 0.3 is 6.18 Å². The maximum atomic E-state index is 12.8. The Morgan fingerprint density at radius 3 is 2.28 bits per heavy atom. The van der Waals surface area contributed by atoms with E-state index in [0.29, 0.717) is 6.42 Å². The van der Waals surface area contributed by atoms with Crippen molar-refractivity contribution in [3.8, 4) is 0 Å². The Morgan fingerprint density at radius 2 is 1.69 bits per heavy atom.